The van der Waals surface area contributed by atoms with Crippen LogP contribution in [-0.2, 0) is 9.47 Å². The zero-order valence-corrected chi connectivity index (χ0v) is 9.39. The molecule has 0 aromatic carbocycles. The summed E-state index contributed by atoms with van der Waals surface area (Å²) in [4.78, 5) is 0. The third-order valence-electron chi connectivity index (χ3n) is 1.95. The van der Waals surface area contributed by atoms with E-state index < -0.39 is 0 Å². The van der Waals surface area contributed by atoms with E-state index in [9.17, 15) is 0 Å². The van der Waals surface area contributed by atoms with E-state index in [1.165, 1.54) is 0 Å². The molecule has 0 aliphatic carbocycles. The van der Waals surface area contributed by atoms with Gasteiger partial charge in [0, 0.05) is 14.2 Å². The maximum absolute atomic E-state index is 4.90. The van der Waals surface area contributed by atoms with E-state index in [0.717, 1.165) is 12.8 Å². The third kappa shape index (κ3) is 12.6. The van der Waals surface area contributed by atoms with Crippen LogP contribution in [-0.4, -0.2) is 26.4 Å². The first-order valence-electron chi connectivity index (χ1n) is 4.67. The molecule has 0 radical (unpaired) electrons. The lowest BCUT2D eigenvalue weighted by Gasteiger charge is -2.01. The molecule has 2 atom stereocenters. The summed E-state index contributed by atoms with van der Waals surface area (Å²) in [6.45, 7) is 8.32. The van der Waals surface area contributed by atoms with Crippen molar-refractivity contribution in [3.05, 3.63) is 0 Å². The molecule has 0 heterocycles. The fraction of sp³-hybridized carbons (Fsp3) is 1.00. The van der Waals surface area contributed by atoms with Gasteiger partial charge in [-0.3, -0.25) is 0 Å². The van der Waals surface area contributed by atoms with Gasteiger partial charge in [0.05, 0.1) is 12.2 Å². The molecule has 0 aliphatic heterocycles. The largest absolute Gasteiger partial charge is 0.382 e. The van der Waals surface area contributed by atoms with Crippen LogP contribution in [0.2, 0.25) is 0 Å². The minimum atomic E-state index is 0.435. The van der Waals surface area contributed by atoms with Crippen LogP contribution < -0.4 is 0 Å². The molecule has 12 heavy (non-hydrogen) atoms. The molecule has 0 bridgehead atoms. The number of methoxy groups -OCH3 is 2. The van der Waals surface area contributed by atoms with Gasteiger partial charge < -0.3 is 9.47 Å². The number of ether oxygens (including phenoxy) is 2. The fourth-order valence-electron chi connectivity index (χ4n) is 0.333. The Morgan fingerprint density at radius 3 is 1.08 bits per heavy atom. The van der Waals surface area contributed by atoms with Crippen LogP contribution in [0.25, 0.3) is 0 Å². The van der Waals surface area contributed by atoms with Gasteiger partial charge in [0.1, 0.15) is 0 Å². The van der Waals surface area contributed by atoms with Crippen LogP contribution in [0.1, 0.15) is 40.5 Å². The van der Waals surface area contributed by atoms with E-state index in [4.69, 9.17) is 9.47 Å². The van der Waals surface area contributed by atoms with Gasteiger partial charge >= 0.3 is 0 Å². The maximum atomic E-state index is 4.90. The summed E-state index contributed by atoms with van der Waals surface area (Å²) >= 11 is 0. The highest BCUT2D eigenvalue weighted by molar-refractivity contribution is 4.39. The number of rotatable bonds is 4. The number of hydrogen-bond acceptors (Lipinski definition) is 2. The second kappa shape index (κ2) is 10.9. The SMILES string of the molecule is CCC(C)OC.CCC(C)OC. The second-order valence-electron chi connectivity index (χ2n) is 2.91. The summed E-state index contributed by atoms with van der Waals surface area (Å²) in [5, 5.41) is 0. The molecular weight excluding hydrogens is 152 g/mol. The molecule has 2 unspecified atom stereocenters. The molecule has 0 aromatic rings. The molecule has 0 rings (SSSR count). The Hall–Kier alpha value is -0.0800. The van der Waals surface area contributed by atoms with Gasteiger partial charge in [-0.1, -0.05) is 13.8 Å². The summed E-state index contributed by atoms with van der Waals surface area (Å²) < 4.78 is 9.80. The van der Waals surface area contributed by atoms with Crippen molar-refractivity contribution >= 4 is 0 Å². The predicted molar refractivity (Wildman–Crippen MR) is 53.5 cm³/mol. The van der Waals surface area contributed by atoms with E-state index in [2.05, 4.69) is 27.7 Å². The summed E-state index contributed by atoms with van der Waals surface area (Å²) in [7, 11) is 3.46. The average Bonchev–Trinajstić information content (AvgIpc) is 2.16. The smallest absolute Gasteiger partial charge is 0.0540 e. The minimum Gasteiger partial charge on any atom is -0.382 e. The molecule has 0 aromatic heterocycles. The van der Waals surface area contributed by atoms with Crippen LogP contribution in [0, 0.1) is 0 Å². The van der Waals surface area contributed by atoms with Gasteiger partial charge in [-0.2, -0.15) is 0 Å². The Morgan fingerprint density at radius 2 is 1.08 bits per heavy atom. The zero-order chi connectivity index (χ0) is 9.98. The van der Waals surface area contributed by atoms with Crippen molar-refractivity contribution in [3.8, 4) is 0 Å². The first kappa shape index (κ1) is 14.4. The van der Waals surface area contributed by atoms with Crippen molar-refractivity contribution in [2.24, 2.45) is 0 Å². The van der Waals surface area contributed by atoms with Gasteiger partial charge in [-0.15, -0.1) is 0 Å². The minimum absolute atomic E-state index is 0.435. The van der Waals surface area contributed by atoms with Crippen LogP contribution in [0.15, 0.2) is 0 Å². The Labute approximate surface area is 77.3 Å². The van der Waals surface area contributed by atoms with Crippen molar-refractivity contribution in [3.63, 3.8) is 0 Å². The second-order valence-corrected chi connectivity index (χ2v) is 2.91. The highest BCUT2D eigenvalue weighted by atomic mass is 16.5. The standard InChI is InChI=1S/2C5H12O/c2*1-4-5(2)6-3/h2*5H,4H2,1-3H3. The molecule has 0 spiro atoms. The Morgan fingerprint density at radius 1 is 0.833 bits per heavy atom. The summed E-state index contributed by atoms with van der Waals surface area (Å²) in [6.07, 6.45) is 3.09. The normalized spacial score (nSPS) is 14.5. The molecule has 0 N–H and O–H groups in total. The van der Waals surface area contributed by atoms with Crippen LogP contribution in [0.5, 0.6) is 0 Å². The lowest BCUT2D eigenvalue weighted by molar-refractivity contribution is 0.115. The van der Waals surface area contributed by atoms with Crippen LogP contribution in [0.4, 0.5) is 0 Å². The van der Waals surface area contributed by atoms with Gasteiger partial charge in [-0.05, 0) is 26.7 Å². The summed E-state index contributed by atoms with van der Waals surface area (Å²) in [5.41, 5.74) is 0. The van der Waals surface area contributed by atoms with Crippen molar-refractivity contribution in [2.75, 3.05) is 14.2 Å². The van der Waals surface area contributed by atoms with E-state index >= 15 is 0 Å². The average molecular weight is 176 g/mol. The Bertz CT molecular complexity index is 56.2. The fourth-order valence-corrected chi connectivity index (χ4v) is 0.333. The van der Waals surface area contributed by atoms with Gasteiger partial charge in [0.25, 0.3) is 0 Å². The molecule has 0 aliphatic rings. The van der Waals surface area contributed by atoms with E-state index in [0.29, 0.717) is 12.2 Å². The molecule has 0 fully saturated rings. The van der Waals surface area contributed by atoms with E-state index in [1.54, 1.807) is 14.2 Å². The quantitative estimate of drug-likeness (QED) is 0.655. The number of hydrogen-bond donors (Lipinski definition) is 0. The first-order valence-corrected chi connectivity index (χ1v) is 4.67. The van der Waals surface area contributed by atoms with Gasteiger partial charge in [-0.25, -0.2) is 0 Å². The lowest BCUT2D eigenvalue weighted by Crippen LogP contribution is -2.00. The van der Waals surface area contributed by atoms with Crippen LogP contribution in [0.3, 0.4) is 0 Å². The van der Waals surface area contributed by atoms with Gasteiger partial charge in [0.2, 0.25) is 0 Å². The van der Waals surface area contributed by atoms with Gasteiger partial charge in [0.15, 0.2) is 0 Å². The summed E-state index contributed by atoms with van der Waals surface area (Å²) in [6, 6.07) is 0. The van der Waals surface area contributed by atoms with Crippen molar-refractivity contribution in [2.45, 2.75) is 52.7 Å². The van der Waals surface area contributed by atoms with Crippen molar-refractivity contribution in [1.29, 1.82) is 0 Å². The third-order valence-corrected chi connectivity index (χ3v) is 1.95. The van der Waals surface area contributed by atoms with Crippen LogP contribution >= 0.6 is 0 Å². The highest BCUT2D eigenvalue weighted by Crippen LogP contribution is 1.90. The maximum Gasteiger partial charge on any atom is 0.0540 e. The van der Waals surface area contributed by atoms with Crippen molar-refractivity contribution < 1.29 is 9.47 Å². The Kier molecular flexibility index (Phi) is 13.1. The first-order chi connectivity index (χ1) is 5.62. The summed E-state index contributed by atoms with van der Waals surface area (Å²) in [5.74, 6) is 0. The zero-order valence-electron chi connectivity index (χ0n) is 9.39. The molecule has 0 amide bonds. The lowest BCUT2D eigenvalue weighted by atomic mass is 10.3. The topological polar surface area (TPSA) is 18.5 Å². The molecule has 2 nitrogen and oxygen atoms in total. The molecule has 0 saturated carbocycles. The highest BCUT2D eigenvalue weighted by Gasteiger charge is 1.88. The van der Waals surface area contributed by atoms with Crippen molar-refractivity contribution in [1.82, 2.24) is 0 Å². The molecule has 0 saturated heterocycles. The van der Waals surface area contributed by atoms with E-state index in [1.807, 2.05) is 0 Å². The molecule has 2 heteroatoms. The Balaban J connectivity index is 0. The van der Waals surface area contributed by atoms with E-state index in [-0.39, 0.29) is 0 Å². The molecular formula is C10H24O2. The monoisotopic (exact) mass is 176 g/mol. The predicted octanol–water partition coefficient (Wildman–Crippen LogP) is 2.86. The molecule has 76 valence electrons.